The fourth-order valence-electron chi connectivity index (χ4n) is 2.50. The maximum Gasteiger partial charge on any atom is 0.143 e. The van der Waals surface area contributed by atoms with Crippen molar-refractivity contribution in [3.63, 3.8) is 0 Å². The molecule has 1 aliphatic carbocycles. The summed E-state index contributed by atoms with van der Waals surface area (Å²) in [5.74, 6) is -0.351. The second-order valence-corrected chi connectivity index (χ2v) is 6.15. The molecule has 0 heterocycles. The van der Waals surface area contributed by atoms with Crippen molar-refractivity contribution in [2.45, 2.75) is 31.6 Å². The highest BCUT2D eigenvalue weighted by Crippen LogP contribution is 2.38. The topological polar surface area (TPSA) is 0 Å². The maximum atomic E-state index is 13.8. The van der Waals surface area contributed by atoms with Crippen molar-refractivity contribution in [1.29, 1.82) is 0 Å². The zero-order chi connectivity index (χ0) is 12.6. The molecule has 0 bridgehead atoms. The Balaban J connectivity index is 2.22. The van der Waals surface area contributed by atoms with Crippen LogP contribution in [0, 0.1) is 23.5 Å². The Bertz CT molecular complexity index is 422. The van der Waals surface area contributed by atoms with Crippen LogP contribution in [0.2, 0.25) is 0 Å². The van der Waals surface area contributed by atoms with Gasteiger partial charge in [-0.25, -0.2) is 8.78 Å². The van der Waals surface area contributed by atoms with E-state index in [1.54, 1.807) is 0 Å². The molecule has 2 rings (SSSR count). The molecule has 1 aromatic carbocycles. The third-order valence-corrected chi connectivity index (χ3v) is 4.96. The fraction of sp³-hybridized carbons (Fsp3) is 0.538. The van der Waals surface area contributed by atoms with Gasteiger partial charge >= 0.3 is 0 Å². The molecule has 0 nitrogen and oxygen atoms in total. The van der Waals surface area contributed by atoms with E-state index in [2.05, 4.69) is 22.9 Å². The summed E-state index contributed by atoms with van der Waals surface area (Å²) in [7, 11) is 0. The maximum absolute atomic E-state index is 13.8. The molecular weight excluding hydrogens is 309 g/mol. The Hall–Kier alpha value is -0.150. The van der Waals surface area contributed by atoms with Crippen LogP contribution in [0.4, 0.5) is 8.78 Å². The monoisotopic (exact) mass is 322 g/mol. The van der Waals surface area contributed by atoms with Gasteiger partial charge in [-0.15, -0.1) is 11.6 Å². The van der Waals surface area contributed by atoms with Crippen LogP contribution >= 0.6 is 27.5 Å². The van der Waals surface area contributed by atoms with Crippen LogP contribution in [0.3, 0.4) is 0 Å². The van der Waals surface area contributed by atoms with E-state index in [1.165, 1.54) is 12.1 Å². The van der Waals surface area contributed by atoms with Gasteiger partial charge in [0.15, 0.2) is 0 Å². The lowest BCUT2D eigenvalue weighted by Gasteiger charge is -2.18. The Morgan fingerprint density at radius 3 is 2.65 bits per heavy atom. The Labute approximate surface area is 113 Å². The lowest BCUT2D eigenvalue weighted by Crippen LogP contribution is -2.15. The molecule has 4 heteroatoms. The smallest absolute Gasteiger partial charge is 0.143 e. The molecule has 1 fully saturated rings. The predicted octanol–water partition coefficient (Wildman–Crippen LogP) is 4.92. The number of hydrogen-bond donors (Lipinski definition) is 0. The van der Waals surface area contributed by atoms with Gasteiger partial charge in [0.1, 0.15) is 11.6 Å². The zero-order valence-electron chi connectivity index (χ0n) is 9.52. The molecule has 0 amide bonds. The second-order valence-electron chi connectivity index (χ2n) is 4.74. The number of hydrogen-bond acceptors (Lipinski definition) is 0. The van der Waals surface area contributed by atoms with Crippen molar-refractivity contribution in [2.75, 3.05) is 0 Å². The van der Waals surface area contributed by atoms with Crippen LogP contribution in [0.5, 0.6) is 0 Å². The van der Waals surface area contributed by atoms with Crippen molar-refractivity contribution in [3.05, 3.63) is 33.8 Å². The molecule has 3 atom stereocenters. The molecule has 3 unspecified atom stereocenters. The molecule has 17 heavy (non-hydrogen) atoms. The molecule has 94 valence electrons. The van der Waals surface area contributed by atoms with Crippen LogP contribution < -0.4 is 0 Å². The van der Waals surface area contributed by atoms with Gasteiger partial charge in [0.2, 0.25) is 0 Å². The highest BCUT2D eigenvalue weighted by molar-refractivity contribution is 9.10. The minimum Gasteiger partial charge on any atom is -0.207 e. The number of rotatable bonds is 2. The highest BCUT2D eigenvalue weighted by atomic mass is 79.9. The van der Waals surface area contributed by atoms with Crippen LogP contribution in [-0.4, -0.2) is 5.38 Å². The molecule has 0 saturated heterocycles. The molecular formula is C13H14BrClF2. The summed E-state index contributed by atoms with van der Waals surface area (Å²) in [5.41, 5.74) is 0.182. The lowest BCUT2D eigenvalue weighted by atomic mass is 9.90. The van der Waals surface area contributed by atoms with Gasteiger partial charge < -0.3 is 0 Å². The van der Waals surface area contributed by atoms with Gasteiger partial charge in [0.25, 0.3) is 0 Å². The van der Waals surface area contributed by atoms with Crippen molar-refractivity contribution < 1.29 is 8.78 Å². The summed E-state index contributed by atoms with van der Waals surface area (Å²) in [6, 6.07) is 2.71. The van der Waals surface area contributed by atoms with Gasteiger partial charge in [0.05, 0.1) is 4.47 Å². The first kappa shape index (κ1) is 13.3. The Kier molecular flexibility index (Phi) is 4.09. The van der Waals surface area contributed by atoms with Gasteiger partial charge in [-0.05, 0) is 59.2 Å². The summed E-state index contributed by atoms with van der Waals surface area (Å²) >= 11 is 9.23. The van der Waals surface area contributed by atoms with Crippen LogP contribution in [0.15, 0.2) is 16.6 Å². The first-order chi connectivity index (χ1) is 8.00. The largest absolute Gasteiger partial charge is 0.207 e. The third-order valence-electron chi connectivity index (χ3n) is 3.73. The number of halogens is 4. The number of benzene rings is 1. The molecule has 1 saturated carbocycles. The fourth-order valence-corrected chi connectivity index (χ4v) is 3.20. The molecule has 0 N–H and O–H groups in total. The zero-order valence-corrected chi connectivity index (χ0v) is 11.9. The van der Waals surface area contributed by atoms with Crippen LogP contribution in [-0.2, 0) is 6.42 Å². The molecule has 0 radical (unpaired) electrons. The summed E-state index contributed by atoms with van der Waals surface area (Å²) in [5, 5.41) is 0.137. The SMILES string of the molecule is CC1C(Cl)CCC1Cc1c(F)ccc(Br)c1F. The number of alkyl halides is 1. The molecule has 0 aromatic heterocycles. The van der Waals surface area contributed by atoms with Crippen molar-refractivity contribution in [3.8, 4) is 0 Å². The van der Waals surface area contributed by atoms with E-state index >= 15 is 0 Å². The third kappa shape index (κ3) is 2.65. The van der Waals surface area contributed by atoms with E-state index in [1.807, 2.05) is 0 Å². The molecule has 0 spiro atoms. The molecule has 0 aliphatic heterocycles. The van der Waals surface area contributed by atoms with E-state index in [9.17, 15) is 8.78 Å². The first-order valence-electron chi connectivity index (χ1n) is 5.77. The van der Waals surface area contributed by atoms with Crippen molar-refractivity contribution >= 4 is 27.5 Å². The molecule has 1 aliphatic rings. The van der Waals surface area contributed by atoms with Crippen LogP contribution in [0.25, 0.3) is 0 Å². The predicted molar refractivity (Wildman–Crippen MR) is 69.3 cm³/mol. The van der Waals surface area contributed by atoms with Gasteiger partial charge in [-0.2, -0.15) is 0 Å². The summed E-state index contributed by atoms with van der Waals surface area (Å²) in [6.45, 7) is 2.06. The lowest BCUT2D eigenvalue weighted by molar-refractivity contribution is 0.403. The average molecular weight is 324 g/mol. The first-order valence-corrected chi connectivity index (χ1v) is 7.00. The van der Waals surface area contributed by atoms with Crippen LogP contribution in [0.1, 0.15) is 25.3 Å². The Morgan fingerprint density at radius 2 is 2.06 bits per heavy atom. The Morgan fingerprint density at radius 1 is 1.35 bits per heavy atom. The van der Waals surface area contributed by atoms with E-state index < -0.39 is 11.6 Å². The van der Waals surface area contributed by atoms with Gasteiger partial charge in [0, 0.05) is 10.9 Å². The van der Waals surface area contributed by atoms with Gasteiger partial charge in [-0.3, -0.25) is 0 Å². The van der Waals surface area contributed by atoms with E-state index in [4.69, 9.17) is 11.6 Å². The summed E-state index contributed by atoms with van der Waals surface area (Å²) in [6.07, 6.45) is 2.31. The second kappa shape index (κ2) is 5.23. The van der Waals surface area contributed by atoms with Gasteiger partial charge in [-0.1, -0.05) is 6.92 Å². The summed E-state index contributed by atoms with van der Waals surface area (Å²) < 4.78 is 27.8. The van der Waals surface area contributed by atoms with E-state index in [0.29, 0.717) is 16.8 Å². The van der Waals surface area contributed by atoms with Crippen molar-refractivity contribution in [1.82, 2.24) is 0 Å². The highest BCUT2D eigenvalue weighted by Gasteiger charge is 2.32. The minimum atomic E-state index is -0.477. The normalized spacial score (nSPS) is 28.6. The minimum absolute atomic E-state index is 0.137. The standard InChI is InChI=1S/C13H14BrClF2/c1-7-8(2-4-11(7)15)6-9-12(16)5-3-10(14)13(9)17/h3,5,7-8,11H,2,4,6H2,1H3. The quantitative estimate of drug-likeness (QED) is 0.535. The van der Waals surface area contributed by atoms with E-state index in [0.717, 1.165) is 12.8 Å². The van der Waals surface area contributed by atoms with Crippen molar-refractivity contribution in [2.24, 2.45) is 11.8 Å². The molecule has 1 aromatic rings. The average Bonchev–Trinajstić information content (AvgIpc) is 2.61. The summed E-state index contributed by atoms with van der Waals surface area (Å²) in [4.78, 5) is 0. The van der Waals surface area contributed by atoms with E-state index in [-0.39, 0.29) is 16.9 Å².